The summed E-state index contributed by atoms with van der Waals surface area (Å²) >= 11 is 0. The number of fused-ring (bicyclic) bond motifs is 3. The maximum atomic E-state index is 14.9. The first kappa shape index (κ1) is 18.4. The van der Waals surface area contributed by atoms with Crippen LogP contribution in [0.1, 0.15) is 42.6 Å². The number of hydrogen-bond acceptors (Lipinski definition) is 5. The number of nitrogens with zero attached hydrogens (tertiary/aromatic N) is 4. The zero-order valence-corrected chi connectivity index (χ0v) is 15.9. The van der Waals surface area contributed by atoms with Gasteiger partial charge in [-0.05, 0) is 37.5 Å². The minimum absolute atomic E-state index is 0.0557. The van der Waals surface area contributed by atoms with Gasteiger partial charge in [0.15, 0.2) is 0 Å². The number of aromatic nitrogens is 3. The predicted octanol–water partition coefficient (Wildman–Crippen LogP) is 3.95. The summed E-state index contributed by atoms with van der Waals surface area (Å²) in [4.78, 5) is 9.17. The van der Waals surface area contributed by atoms with Gasteiger partial charge in [-0.3, -0.25) is 4.98 Å². The van der Waals surface area contributed by atoms with E-state index in [2.05, 4.69) is 11.1 Å². The van der Waals surface area contributed by atoms with Crippen LogP contribution in [-0.2, 0) is 9.47 Å². The van der Waals surface area contributed by atoms with Crippen LogP contribution in [0.3, 0.4) is 0 Å². The Morgan fingerprint density at radius 2 is 2.14 bits per heavy atom. The lowest BCUT2D eigenvalue weighted by atomic mass is 9.81. The Bertz CT molecular complexity index is 1130. The van der Waals surface area contributed by atoms with E-state index in [0.29, 0.717) is 33.3 Å². The van der Waals surface area contributed by atoms with Crippen LogP contribution >= 0.6 is 0 Å². The van der Waals surface area contributed by atoms with Crippen LogP contribution in [0.15, 0.2) is 24.4 Å². The van der Waals surface area contributed by atoms with Crippen molar-refractivity contribution in [3.8, 4) is 6.07 Å². The highest BCUT2D eigenvalue weighted by Gasteiger charge is 2.47. The normalized spacial score (nSPS) is 26.3. The Hall–Kier alpha value is -2.63. The van der Waals surface area contributed by atoms with Gasteiger partial charge in [0.25, 0.3) is 5.92 Å². The van der Waals surface area contributed by atoms with E-state index in [9.17, 15) is 14.0 Å². The summed E-state index contributed by atoms with van der Waals surface area (Å²) in [6.45, 7) is -0.328. The van der Waals surface area contributed by atoms with Gasteiger partial charge in [-0.1, -0.05) is 0 Å². The van der Waals surface area contributed by atoms with Gasteiger partial charge in [0.2, 0.25) is 0 Å². The molecule has 0 bridgehead atoms. The van der Waals surface area contributed by atoms with Gasteiger partial charge in [0.1, 0.15) is 24.0 Å². The van der Waals surface area contributed by atoms with Crippen LogP contribution < -0.4 is 0 Å². The predicted molar refractivity (Wildman–Crippen MR) is 102 cm³/mol. The zero-order chi connectivity index (χ0) is 20.2. The van der Waals surface area contributed by atoms with Crippen molar-refractivity contribution in [2.75, 3.05) is 20.3 Å². The number of halogens is 2. The lowest BCUT2D eigenvalue weighted by molar-refractivity contribution is -0.147. The van der Waals surface area contributed by atoms with E-state index in [4.69, 9.17) is 14.5 Å². The maximum Gasteiger partial charge on any atom is 0.291 e. The Morgan fingerprint density at radius 3 is 2.86 bits per heavy atom. The van der Waals surface area contributed by atoms with E-state index in [0.717, 1.165) is 12.8 Å². The van der Waals surface area contributed by atoms with Crippen LogP contribution in [0.25, 0.3) is 21.9 Å². The number of nitriles is 1. The second kappa shape index (κ2) is 6.71. The number of benzene rings is 1. The lowest BCUT2D eigenvalue weighted by Crippen LogP contribution is -2.42. The zero-order valence-electron chi connectivity index (χ0n) is 15.9. The molecule has 5 rings (SSSR count). The third-order valence-corrected chi connectivity index (χ3v) is 6.09. The summed E-state index contributed by atoms with van der Waals surface area (Å²) in [6.07, 6.45) is 3.47. The van der Waals surface area contributed by atoms with Crippen molar-refractivity contribution >= 4 is 21.9 Å². The van der Waals surface area contributed by atoms with Crippen molar-refractivity contribution < 1.29 is 18.3 Å². The molecule has 1 aliphatic heterocycles. The minimum Gasteiger partial charge on any atom is -0.381 e. The lowest BCUT2D eigenvalue weighted by Gasteiger charge is -2.38. The number of methoxy groups -OCH3 is 1. The third kappa shape index (κ3) is 2.88. The summed E-state index contributed by atoms with van der Waals surface area (Å²) in [5.74, 6) is -2.30. The molecule has 6 nitrogen and oxygen atoms in total. The maximum absolute atomic E-state index is 14.9. The molecule has 0 amide bonds. The first-order valence-corrected chi connectivity index (χ1v) is 9.71. The molecule has 3 heterocycles. The molecule has 0 radical (unpaired) electrons. The standard InChI is InChI=1S/C21H20F2N4O2/c1-28-14-7-13(8-14)20-26-17-10-25-16-3-2-12(9-24)6-15(16)19(17)27(20)18-4-5-29-11-21(18,22)23/h2-3,6,10,13-14,18H,4-5,7-8,11H2,1H3/t13-,14-,18?. The van der Waals surface area contributed by atoms with Crippen molar-refractivity contribution in [1.82, 2.24) is 14.5 Å². The van der Waals surface area contributed by atoms with Gasteiger partial charge in [-0.25, -0.2) is 13.8 Å². The molecule has 8 heteroatoms. The summed E-state index contributed by atoms with van der Waals surface area (Å²) < 4.78 is 42.1. The van der Waals surface area contributed by atoms with E-state index < -0.39 is 18.6 Å². The second-order valence-corrected chi connectivity index (χ2v) is 7.82. The van der Waals surface area contributed by atoms with E-state index in [1.165, 1.54) is 0 Å². The molecule has 1 aliphatic carbocycles. The SMILES string of the molecule is CO[C@H]1C[C@H](c2nc3cnc4ccc(C#N)cc4c3n2C2CCOCC2(F)F)C1. The third-order valence-electron chi connectivity index (χ3n) is 6.09. The summed E-state index contributed by atoms with van der Waals surface area (Å²) in [5.41, 5.74) is 2.31. The van der Waals surface area contributed by atoms with Crippen molar-refractivity contribution in [3.63, 3.8) is 0 Å². The molecule has 0 N–H and O–H groups in total. The number of alkyl halides is 2. The van der Waals surface area contributed by atoms with Crippen molar-refractivity contribution in [1.29, 1.82) is 5.26 Å². The molecule has 1 aromatic carbocycles. The quantitative estimate of drug-likeness (QED) is 0.668. The molecule has 1 saturated carbocycles. The highest BCUT2D eigenvalue weighted by molar-refractivity contribution is 6.03. The number of ether oxygens (including phenoxy) is 2. The van der Waals surface area contributed by atoms with Crippen molar-refractivity contribution in [3.05, 3.63) is 35.8 Å². The first-order chi connectivity index (χ1) is 14.0. The molecule has 2 aliphatic rings. The molecule has 2 fully saturated rings. The fourth-order valence-electron chi connectivity index (χ4n) is 4.47. The fourth-order valence-corrected chi connectivity index (χ4v) is 4.47. The average Bonchev–Trinajstić information content (AvgIpc) is 3.05. The van der Waals surface area contributed by atoms with Gasteiger partial charge in [0.05, 0.1) is 35.0 Å². The highest BCUT2D eigenvalue weighted by Crippen LogP contribution is 2.45. The number of imidazole rings is 1. The molecule has 0 spiro atoms. The average molecular weight is 398 g/mol. The fraction of sp³-hybridized carbons (Fsp3) is 0.476. The van der Waals surface area contributed by atoms with Crippen LogP contribution in [0, 0.1) is 11.3 Å². The number of rotatable bonds is 3. The molecule has 1 unspecified atom stereocenters. The Kier molecular flexibility index (Phi) is 4.26. The van der Waals surface area contributed by atoms with Crippen LogP contribution in [0.4, 0.5) is 8.78 Å². The molecule has 1 atom stereocenters. The van der Waals surface area contributed by atoms with Gasteiger partial charge in [-0.2, -0.15) is 5.26 Å². The van der Waals surface area contributed by atoms with Gasteiger partial charge < -0.3 is 14.0 Å². The monoisotopic (exact) mass is 398 g/mol. The second-order valence-electron chi connectivity index (χ2n) is 7.82. The molecule has 3 aromatic rings. The highest BCUT2D eigenvalue weighted by atomic mass is 19.3. The summed E-state index contributed by atoms with van der Waals surface area (Å²) in [7, 11) is 1.66. The van der Waals surface area contributed by atoms with E-state index in [-0.39, 0.29) is 25.0 Å². The van der Waals surface area contributed by atoms with E-state index in [1.807, 2.05) is 0 Å². The molecular formula is C21H20F2N4O2. The van der Waals surface area contributed by atoms with E-state index >= 15 is 0 Å². The van der Waals surface area contributed by atoms with Crippen molar-refractivity contribution in [2.45, 2.75) is 43.2 Å². The first-order valence-electron chi connectivity index (χ1n) is 9.71. The largest absolute Gasteiger partial charge is 0.381 e. The summed E-state index contributed by atoms with van der Waals surface area (Å²) in [5, 5.41) is 10.00. The number of hydrogen-bond donors (Lipinski definition) is 0. The van der Waals surface area contributed by atoms with Gasteiger partial charge >= 0.3 is 0 Å². The molecule has 29 heavy (non-hydrogen) atoms. The molecular weight excluding hydrogens is 378 g/mol. The van der Waals surface area contributed by atoms with Crippen LogP contribution in [0.2, 0.25) is 0 Å². The Balaban J connectivity index is 1.78. The van der Waals surface area contributed by atoms with Gasteiger partial charge in [0, 0.05) is 25.0 Å². The smallest absolute Gasteiger partial charge is 0.291 e. The Labute approximate surface area is 166 Å². The van der Waals surface area contributed by atoms with Crippen molar-refractivity contribution in [2.24, 2.45) is 0 Å². The van der Waals surface area contributed by atoms with E-state index in [1.54, 1.807) is 36.1 Å². The Morgan fingerprint density at radius 1 is 1.31 bits per heavy atom. The minimum atomic E-state index is -3.01. The van der Waals surface area contributed by atoms with Crippen LogP contribution in [-0.4, -0.2) is 46.9 Å². The molecule has 150 valence electrons. The van der Waals surface area contributed by atoms with Crippen LogP contribution in [0.5, 0.6) is 0 Å². The number of pyridine rings is 1. The topological polar surface area (TPSA) is 73.0 Å². The molecule has 2 aromatic heterocycles. The summed E-state index contributed by atoms with van der Waals surface area (Å²) in [6, 6.07) is 6.21. The van der Waals surface area contributed by atoms with Gasteiger partial charge in [-0.15, -0.1) is 0 Å². The molecule has 1 saturated heterocycles.